The van der Waals surface area contributed by atoms with Gasteiger partial charge in [-0.05, 0) is 61.0 Å². The minimum absolute atomic E-state index is 0.00707. The first kappa shape index (κ1) is 24.2. The lowest BCUT2D eigenvalue weighted by molar-refractivity contribution is -0.385. The summed E-state index contributed by atoms with van der Waals surface area (Å²) < 4.78 is 30.0. The van der Waals surface area contributed by atoms with Crippen molar-refractivity contribution in [1.82, 2.24) is 5.43 Å². The molecule has 0 fully saturated rings. The zero-order chi connectivity index (χ0) is 24.2. The maximum absolute atomic E-state index is 12.5. The zero-order valence-electron chi connectivity index (χ0n) is 16.9. The van der Waals surface area contributed by atoms with Gasteiger partial charge in [0.1, 0.15) is 10.6 Å². The fraction of sp³-hybridized carbons (Fsp3) is 0.0476. The first-order chi connectivity index (χ1) is 15.6. The van der Waals surface area contributed by atoms with E-state index in [9.17, 15) is 23.3 Å². The molecule has 3 aromatic carbocycles. The third-order valence-electron chi connectivity index (χ3n) is 4.31. The number of halogens is 2. The van der Waals surface area contributed by atoms with E-state index >= 15 is 0 Å². The number of nitro benzene ring substituents is 1. The van der Waals surface area contributed by atoms with Gasteiger partial charge in [-0.2, -0.15) is 13.5 Å². The Hall–Kier alpha value is -3.47. The summed E-state index contributed by atoms with van der Waals surface area (Å²) in [6, 6.07) is 13.7. The average Bonchev–Trinajstić information content (AvgIpc) is 2.74. The van der Waals surface area contributed by atoms with Crippen molar-refractivity contribution < 1.29 is 22.3 Å². The summed E-state index contributed by atoms with van der Waals surface area (Å²) in [5, 5.41) is 15.5. The molecule has 0 heterocycles. The van der Waals surface area contributed by atoms with E-state index in [1.807, 2.05) is 0 Å². The molecule has 0 aromatic heterocycles. The first-order valence-corrected chi connectivity index (χ1v) is 11.3. The fourth-order valence-corrected chi connectivity index (χ4v) is 4.07. The molecule has 0 atom stereocenters. The predicted octanol–water partition coefficient (Wildman–Crippen LogP) is 4.74. The smallest absolute Gasteiger partial charge is 0.339 e. The van der Waals surface area contributed by atoms with Crippen molar-refractivity contribution in [1.29, 1.82) is 0 Å². The molecule has 3 aromatic rings. The molecule has 1 amide bonds. The quantitative estimate of drug-likeness (QED) is 0.213. The van der Waals surface area contributed by atoms with Gasteiger partial charge in [-0.3, -0.25) is 14.9 Å². The number of nitrogens with zero attached hydrogens (tertiary/aromatic N) is 2. The van der Waals surface area contributed by atoms with Crippen LogP contribution in [-0.2, 0) is 10.1 Å². The van der Waals surface area contributed by atoms with E-state index in [1.54, 1.807) is 0 Å². The van der Waals surface area contributed by atoms with Crippen LogP contribution in [0.5, 0.6) is 5.75 Å². The SMILES string of the molecule is Cc1ccc(S(=O)(=O)Oc2ccc(/C=N\NC(=O)c3ccc(Cl)cc3Cl)cc2)cc1[N+](=O)[O-]. The van der Waals surface area contributed by atoms with E-state index in [0.717, 1.165) is 6.07 Å². The van der Waals surface area contributed by atoms with Crippen LogP contribution in [0.15, 0.2) is 70.7 Å². The highest BCUT2D eigenvalue weighted by molar-refractivity contribution is 7.87. The van der Waals surface area contributed by atoms with Gasteiger partial charge in [0.2, 0.25) is 0 Å². The molecule has 0 unspecified atom stereocenters. The summed E-state index contributed by atoms with van der Waals surface area (Å²) in [4.78, 5) is 22.2. The van der Waals surface area contributed by atoms with Crippen molar-refractivity contribution in [2.75, 3.05) is 0 Å². The van der Waals surface area contributed by atoms with Crippen molar-refractivity contribution >= 4 is 51.1 Å². The Kier molecular flexibility index (Phi) is 7.32. The highest BCUT2D eigenvalue weighted by Crippen LogP contribution is 2.25. The molecule has 0 aliphatic heterocycles. The monoisotopic (exact) mass is 507 g/mol. The van der Waals surface area contributed by atoms with Crippen LogP contribution in [0, 0.1) is 17.0 Å². The molecule has 9 nitrogen and oxygen atoms in total. The van der Waals surface area contributed by atoms with Gasteiger partial charge in [0, 0.05) is 16.7 Å². The number of aryl methyl sites for hydroxylation is 1. The van der Waals surface area contributed by atoms with Crippen molar-refractivity contribution in [2.45, 2.75) is 11.8 Å². The number of carbonyl (C=O) groups is 1. The van der Waals surface area contributed by atoms with Crippen LogP contribution in [0.2, 0.25) is 10.0 Å². The molecule has 12 heteroatoms. The standard InChI is InChI=1S/C21H15Cl2N3O6S/c1-13-2-8-17(11-20(13)26(28)29)33(30,31)32-16-6-3-14(4-7-16)12-24-25-21(27)18-9-5-15(22)10-19(18)23/h2-12H,1H3,(H,25,27)/b24-12-. The number of hydrazone groups is 1. The molecule has 1 N–H and O–H groups in total. The number of amides is 1. The maximum atomic E-state index is 12.5. The molecule has 0 saturated heterocycles. The lowest BCUT2D eigenvalue weighted by Gasteiger charge is -2.08. The van der Waals surface area contributed by atoms with E-state index in [4.69, 9.17) is 27.4 Å². The van der Waals surface area contributed by atoms with Crippen LogP contribution in [0.3, 0.4) is 0 Å². The largest absolute Gasteiger partial charge is 0.379 e. The Balaban J connectivity index is 1.67. The van der Waals surface area contributed by atoms with Crippen LogP contribution in [-0.4, -0.2) is 25.5 Å². The number of rotatable bonds is 7. The number of nitrogens with one attached hydrogen (secondary N) is 1. The van der Waals surface area contributed by atoms with Crippen molar-refractivity contribution in [3.8, 4) is 5.75 Å². The Bertz CT molecular complexity index is 1360. The third-order valence-corrected chi connectivity index (χ3v) is 6.10. The van der Waals surface area contributed by atoms with E-state index in [-0.39, 0.29) is 26.9 Å². The molecule has 170 valence electrons. The molecule has 3 rings (SSSR count). The number of nitro groups is 1. The summed E-state index contributed by atoms with van der Waals surface area (Å²) in [7, 11) is -4.28. The van der Waals surface area contributed by atoms with E-state index < -0.39 is 20.9 Å². The van der Waals surface area contributed by atoms with Crippen LogP contribution in [0.25, 0.3) is 0 Å². The van der Waals surface area contributed by atoms with Gasteiger partial charge < -0.3 is 4.18 Å². The minimum atomic E-state index is -4.28. The topological polar surface area (TPSA) is 128 Å². The Morgan fingerprint density at radius 2 is 1.79 bits per heavy atom. The molecule has 0 aliphatic carbocycles. The van der Waals surface area contributed by atoms with E-state index in [2.05, 4.69) is 10.5 Å². The molecule has 0 saturated carbocycles. The van der Waals surface area contributed by atoms with E-state index in [1.165, 1.54) is 67.7 Å². The van der Waals surface area contributed by atoms with Gasteiger partial charge in [0.25, 0.3) is 11.6 Å². The van der Waals surface area contributed by atoms with Gasteiger partial charge in [-0.25, -0.2) is 5.43 Å². The molecule has 33 heavy (non-hydrogen) atoms. The lowest BCUT2D eigenvalue weighted by Crippen LogP contribution is -2.18. The summed E-state index contributed by atoms with van der Waals surface area (Å²) in [5.74, 6) is -0.543. The second-order valence-corrected chi connectivity index (χ2v) is 9.03. The summed E-state index contributed by atoms with van der Waals surface area (Å²) in [6.07, 6.45) is 1.34. The second-order valence-electron chi connectivity index (χ2n) is 6.64. The van der Waals surface area contributed by atoms with E-state index in [0.29, 0.717) is 16.1 Å². The third kappa shape index (κ3) is 6.07. The average molecular weight is 508 g/mol. The summed E-state index contributed by atoms with van der Waals surface area (Å²) in [5.41, 5.74) is 3.06. The summed E-state index contributed by atoms with van der Waals surface area (Å²) >= 11 is 11.8. The van der Waals surface area contributed by atoms with Crippen molar-refractivity contribution in [3.63, 3.8) is 0 Å². The van der Waals surface area contributed by atoms with Crippen molar-refractivity contribution in [2.24, 2.45) is 5.10 Å². The number of benzene rings is 3. The number of hydrogen-bond acceptors (Lipinski definition) is 7. The minimum Gasteiger partial charge on any atom is -0.379 e. The normalized spacial score (nSPS) is 11.4. The summed E-state index contributed by atoms with van der Waals surface area (Å²) in [6.45, 7) is 1.50. The molecular formula is C21H15Cl2N3O6S. The zero-order valence-corrected chi connectivity index (χ0v) is 19.2. The maximum Gasteiger partial charge on any atom is 0.339 e. The number of hydrogen-bond donors (Lipinski definition) is 1. The first-order valence-electron chi connectivity index (χ1n) is 9.15. The van der Waals surface area contributed by atoms with Crippen LogP contribution in [0.4, 0.5) is 5.69 Å². The molecule has 0 bridgehead atoms. The van der Waals surface area contributed by atoms with Crippen LogP contribution >= 0.6 is 23.2 Å². The van der Waals surface area contributed by atoms with Gasteiger partial charge in [-0.15, -0.1) is 0 Å². The molecular weight excluding hydrogens is 493 g/mol. The Morgan fingerprint density at radius 3 is 2.42 bits per heavy atom. The highest BCUT2D eigenvalue weighted by atomic mass is 35.5. The molecule has 0 spiro atoms. The van der Waals surface area contributed by atoms with Gasteiger partial charge in [0.05, 0.1) is 21.7 Å². The molecule has 0 radical (unpaired) electrons. The van der Waals surface area contributed by atoms with Gasteiger partial charge in [0.15, 0.2) is 0 Å². The predicted molar refractivity (Wildman–Crippen MR) is 124 cm³/mol. The van der Waals surface area contributed by atoms with Crippen molar-refractivity contribution in [3.05, 3.63) is 97.5 Å². The lowest BCUT2D eigenvalue weighted by atomic mass is 10.2. The van der Waals surface area contributed by atoms with Gasteiger partial charge in [-0.1, -0.05) is 29.3 Å². The van der Waals surface area contributed by atoms with Crippen LogP contribution < -0.4 is 9.61 Å². The molecule has 0 aliphatic rings. The van der Waals surface area contributed by atoms with Crippen LogP contribution in [0.1, 0.15) is 21.5 Å². The highest BCUT2D eigenvalue weighted by Gasteiger charge is 2.21. The number of carbonyl (C=O) groups excluding carboxylic acids is 1. The Morgan fingerprint density at radius 1 is 1.09 bits per heavy atom. The Labute approximate surface area is 198 Å². The van der Waals surface area contributed by atoms with Gasteiger partial charge >= 0.3 is 10.1 Å². The second kappa shape index (κ2) is 9.99. The fourth-order valence-electron chi connectivity index (χ4n) is 2.62.